The molecule has 208 valence electrons. The number of rotatable bonds is 8. The van der Waals surface area contributed by atoms with Gasteiger partial charge in [0.05, 0.1) is 12.8 Å². The molecule has 0 atom stereocenters. The number of carbonyl (C=O) groups excluding carboxylic acids is 1. The van der Waals surface area contributed by atoms with E-state index < -0.39 is 0 Å². The number of aromatic nitrogens is 1. The number of halogens is 1. The fraction of sp³-hybridized carbons (Fsp3) is 0.438. The van der Waals surface area contributed by atoms with E-state index in [0.29, 0.717) is 0 Å². The predicted octanol–water partition coefficient (Wildman–Crippen LogP) is 6.26. The van der Waals surface area contributed by atoms with Crippen molar-refractivity contribution >= 4 is 24.4 Å². The quantitative estimate of drug-likeness (QED) is 0.336. The number of methoxy groups -OCH3 is 1. The molecule has 2 heterocycles. The van der Waals surface area contributed by atoms with Gasteiger partial charge in [0.2, 0.25) is 5.91 Å². The Kier molecular flexibility index (Phi) is 10.2. The maximum Gasteiger partial charge on any atom is 0.244 e. The first-order valence-electron chi connectivity index (χ1n) is 14.0. The number of hydrogen-bond donors (Lipinski definition) is 1. The highest BCUT2D eigenvalue weighted by Crippen LogP contribution is 2.29. The van der Waals surface area contributed by atoms with Gasteiger partial charge in [-0.05, 0) is 93.7 Å². The maximum atomic E-state index is 12.5. The molecule has 0 radical (unpaired) electrons. The number of amides is 1. The summed E-state index contributed by atoms with van der Waals surface area (Å²) in [6, 6.07) is 16.7. The van der Waals surface area contributed by atoms with Gasteiger partial charge in [0.25, 0.3) is 0 Å². The third-order valence-electron chi connectivity index (χ3n) is 8.11. The second kappa shape index (κ2) is 13.8. The summed E-state index contributed by atoms with van der Waals surface area (Å²) in [7, 11) is 1.65. The van der Waals surface area contributed by atoms with E-state index in [1.54, 1.807) is 13.2 Å². The Balaban J connectivity index is 0.00000353. The molecule has 1 aliphatic carbocycles. The zero-order valence-corrected chi connectivity index (χ0v) is 23.8. The Hall–Kier alpha value is -3.09. The number of fused-ring (bicyclic) bond motifs is 1. The highest BCUT2D eigenvalue weighted by atomic mass is 35.5. The minimum Gasteiger partial charge on any atom is -0.496 e. The van der Waals surface area contributed by atoms with Crippen molar-refractivity contribution in [2.24, 2.45) is 5.92 Å². The van der Waals surface area contributed by atoms with Crippen LogP contribution in [-0.2, 0) is 17.6 Å². The van der Waals surface area contributed by atoms with E-state index in [0.717, 1.165) is 79.6 Å². The summed E-state index contributed by atoms with van der Waals surface area (Å²) in [5.74, 6) is 2.35. The van der Waals surface area contributed by atoms with Gasteiger partial charge in [-0.1, -0.05) is 35.5 Å². The van der Waals surface area contributed by atoms with Crippen LogP contribution in [0.3, 0.4) is 0 Å². The molecule has 39 heavy (non-hydrogen) atoms. The molecule has 6 nitrogen and oxygen atoms in total. The van der Waals surface area contributed by atoms with Gasteiger partial charge in [0.1, 0.15) is 5.75 Å². The standard InChI is InChI=1S/C32H39N3O3.ClH/c1-23-21-31(38-34-23)28-10-9-25-16-19-35(20-17-27(25)22-28)18-15-24-7-12-29(13-8-24)33-32(36)14-11-26-5-3-4-6-30(26)37-2;/h3-6,9-11,14,21-22,24,29H,7-8,12-13,15-20H2,1-2H3,(H,33,36);1H/b14-11+;. The monoisotopic (exact) mass is 549 g/mol. The molecular formula is C32H40ClN3O3. The first kappa shape index (κ1) is 28.9. The van der Waals surface area contributed by atoms with Gasteiger partial charge in [0.15, 0.2) is 5.76 Å². The van der Waals surface area contributed by atoms with Crippen LogP contribution in [0.25, 0.3) is 17.4 Å². The van der Waals surface area contributed by atoms with Crippen LogP contribution in [0.2, 0.25) is 0 Å². The zero-order chi connectivity index (χ0) is 26.3. The molecule has 3 aromatic rings. The van der Waals surface area contributed by atoms with Crippen molar-refractivity contribution in [3.63, 3.8) is 0 Å². The summed E-state index contributed by atoms with van der Waals surface area (Å²) in [4.78, 5) is 15.1. The van der Waals surface area contributed by atoms with Crippen LogP contribution in [0, 0.1) is 12.8 Å². The summed E-state index contributed by atoms with van der Waals surface area (Å²) >= 11 is 0. The summed E-state index contributed by atoms with van der Waals surface area (Å²) in [5.41, 5.74) is 5.85. The Morgan fingerprint density at radius 3 is 2.59 bits per heavy atom. The molecule has 0 bridgehead atoms. The van der Waals surface area contributed by atoms with Gasteiger partial charge in [-0.2, -0.15) is 0 Å². The second-order valence-corrected chi connectivity index (χ2v) is 10.7. The largest absolute Gasteiger partial charge is 0.496 e. The van der Waals surface area contributed by atoms with Crippen LogP contribution in [0.15, 0.2) is 59.1 Å². The molecule has 1 saturated carbocycles. The van der Waals surface area contributed by atoms with Crippen molar-refractivity contribution < 1.29 is 14.1 Å². The van der Waals surface area contributed by atoms with Crippen molar-refractivity contribution in [2.75, 3.05) is 26.7 Å². The first-order valence-corrected chi connectivity index (χ1v) is 14.0. The van der Waals surface area contributed by atoms with E-state index in [1.807, 2.05) is 43.3 Å². The molecule has 1 aromatic heterocycles. The van der Waals surface area contributed by atoms with E-state index in [1.165, 1.54) is 30.4 Å². The molecular weight excluding hydrogens is 510 g/mol. The van der Waals surface area contributed by atoms with Gasteiger partial charge in [-0.15, -0.1) is 12.4 Å². The van der Waals surface area contributed by atoms with Gasteiger partial charge in [-0.3, -0.25) is 4.79 Å². The number of nitrogens with one attached hydrogen (secondary N) is 1. The van der Waals surface area contributed by atoms with Gasteiger partial charge in [0, 0.05) is 42.4 Å². The average molecular weight is 550 g/mol. The van der Waals surface area contributed by atoms with Crippen LogP contribution in [0.5, 0.6) is 5.75 Å². The minimum atomic E-state index is -0.0231. The summed E-state index contributed by atoms with van der Waals surface area (Å²) < 4.78 is 10.8. The molecule has 1 amide bonds. The normalized spacial score (nSPS) is 19.6. The van der Waals surface area contributed by atoms with Crippen molar-refractivity contribution in [1.29, 1.82) is 0 Å². The summed E-state index contributed by atoms with van der Waals surface area (Å²) in [6.07, 6.45) is 11.4. The fourth-order valence-electron chi connectivity index (χ4n) is 5.83. The summed E-state index contributed by atoms with van der Waals surface area (Å²) in [5, 5.41) is 7.24. The van der Waals surface area contributed by atoms with Crippen molar-refractivity contribution in [1.82, 2.24) is 15.4 Å². The smallest absolute Gasteiger partial charge is 0.244 e. The minimum absolute atomic E-state index is 0. The highest BCUT2D eigenvalue weighted by Gasteiger charge is 2.23. The lowest BCUT2D eigenvalue weighted by Gasteiger charge is -2.30. The number of para-hydroxylation sites is 1. The van der Waals surface area contributed by atoms with Crippen LogP contribution in [-0.4, -0.2) is 48.7 Å². The van der Waals surface area contributed by atoms with E-state index in [2.05, 4.69) is 33.6 Å². The van der Waals surface area contributed by atoms with Gasteiger partial charge >= 0.3 is 0 Å². The third-order valence-corrected chi connectivity index (χ3v) is 8.11. The van der Waals surface area contributed by atoms with E-state index >= 15 is 0 Å². The molecule has 2 aliphatic rings. The lowest BCUT2D eigenvalue weighted by Crippen LogP contribution is -2.37. The molecule has 7 heteroatoms. The Morgan fingerprint density at radius 1 is 1.08 bits per heavy atom. The Morgan fingerprint density at radius 2 is 1.85 bits per heavy atom. The molecule has 1 fully saturated rings. The molecule has 0 spiro atoms. The fourth-order valence-corrected chi connectivity index (χ4v) is 5.83. The van der Waals surface area contributed by atoms with Crippen molar-refractivity contribution in [3.05, 3.63) is 77.0 Å². The van der Waals surface area contributed by atoms with E-state index in [4.69, 9.17) is 9.26 Å². The number of nitrogens with zero attached hydrogens (tertiary/aromatic N) is 2. The lowest BCUT2D eigenvalue weighted by atomic mass is 9.84. The van der Waals surface area contributed by atoms with Crippen LogP contribution in [0.4, 0.5) is 0 Å². The maximum absolute atomic E-state index is 12.5. The summed E-state index contributed by atoms with van der Waals surface area (Å²) in [6.45, 7) is 5.35. The molecule has 2 aromatic carbocycles. The number of ether oxygens (including phenoxy) is 1. The van der Waals surface area contributed by atoms with Crippen LogP contribution < -0.4 is 10.1 Å². The Bertz CT molecular complexity index is 1260. The first-order chi connectivity index (χ1) is 18.6. The lowest BCUT2D eigenvalue weighted by molar-refractivity contribution is -0.117. The van der Waals surface area contributed by atoms with E-state index in [-0.39, 0.29) is 24.4 Å². The molecule has 1 N–H and O–H groups in total. The van der Waals surface area contributed by atoms with Crippen LogP contribution >= 0.6 is 12.4 Å². The number of aryl methyl sites for hydroxylation is 1. The number of carbonyl (C=O) groups is 1. The predicted molar refractivity (Wildman–Crippen MR) is 158 cm³/mol. The number of hydrogen-bond acceptors (Lipinski definition) is 5. The highest BCUT2D eigenvalue weighted by molar-refractivity contribution is 5.92. The molecule has 5 rings (SSSR count). The van der Waals surface area contributed by atoms with Crippen molar-refractivity contribution in [3.8, 4) is 17.1 Å². The Labute approximate surface area is 238 Å². The topological polar surface area (TPSA) is 67.6 Å². The van der Waals surface area contributed by atoms with Crippen LogP contribution in [0.1, 0.15) is 54.5 Å². The molecule has 0 unspecified atom stereocenters. The van der Waals surface area contributed by atoms with Gasteiger partial charge < -0.3 is 19.5 Å². The van der Waals surface area contributed by atoms with Crippen molar-refractivity contribution in [2.45, 2.75) is 57.9 Å². The van der Waals surface area contributed by atoms with E-state index in [9.17, 15) is 4.79 Å². The zero-order valence-electron chi connectivity index (χ0n) is 23.0. The number of benzene rings is 2. The van der Waals surface area contributed by atoms with Gasteiger partial charge in [-0.25, -0.2) is 0 Å². The molecule has 0 saturated heterocycles. The molecule has 1 aliphatic heterocycles. The average Bonchev–Trinajstić information content (AvgIpc) is 3.28. The second-order valence-electron chi connectivity index (χ2n) is 10.7. The third kappa shape index (κ3) is 7.74. The SMILES string of the molecule is COc1ccccc1/C=C/C(=O)NC1CCC(CCN2CCc3ccc(-c4cc(C)no4)cc3CC2)CC1.Cl.